The molecule has 0 bridgehead atoms. The van der Waals surface area contributed by atoms with E-state index in [4.69, 9.17) is 11.6 Å². The summed E-state index contributed by atoms with van der Waals surface area (Å²) in [5, 5.41) is 6.56. The molecule has 2 N–H and O–H groups in total. The highest BCUT2D eigenvalue weighted by atomic mass is 35.5. The molecule has 0 heterocycles. The lowest BCUT2D eigenvalue weighted by Crippen LogP contribution is -2.39. The van der Waals surface area contributed by atoms with Gasteiger partial charge in [-0.05, 0) is 68.1 Å². The predicted molar refractivity (Wildman–Crippen MR) is 116 cm³/mol. The molecule has 0 unspecified atom stereocenters. The zero-order valence-corrected chi connectivity index (χ0v) is 18.4. The molecular formula is C22H27ClN2O3S. The number of hydrogen-bond acceptors (Lipinski definition) is 4. The maximum Gasteiger partial charge on any atom is 0.239 e. The Bertz CT molecular complexity index is 982. The number of carbonyl (C=O) groups excluding carboxylic acids is 1. The number of amides is 1. The van der Waals surface area contributed by atoms with Gasteiger partial charge in [-0.15, -0.1) is 0 Å². The van der Waals surface area contributed by atoms with Crippen molar-refractivity contribution >= 4 is 33.0 Å². The van der Waals surface area contributed by atoms with Gasteiger partial charge in [0.15, 0.2) is 0 Å². The van der Waals surface area contributed by atoms with Crippen LogP contribution < -0.4 is 10.6 Å². The van der Waals surface area contributed by atoms with Gasteiger partial charge in [0.25, 0.3) is 0 Å². The Morgan fingerprint density at radius 1 is 1.03 bits per heavy atom. The average molecular weight is 435 g/mol. The third-order valence-electron chi connectivity index (χ3n) is 5.48. The first-order valence-corrected chi connectivity index (χ1v) is 11.8. The third-order valence-corrected chi connectivity index (χ3v) is 7.69. The van der Waals surface area contributed by atoms with Gasteiger partial charge in [0.05, 0.1) is 22.0 Å². The number of rotatable bonds is 6. The fourth-order valence-corrected chi connectivity index (χ4v) is 5.56. The Kier molecular flexibility index (Phi) is 6.85. The summed E-state index contributed by atoms with van der Waals surface area (Å²) in [4.78, 5) is 12.7. The Hall–Kier alpha value is -2.05. The standard InChI is InChI=1S/C22H27ClN2O3S/c1-15-8-13-20(24-14-21(26)25-18-6-4-3-5-7-18)22(16(15)2)29(27,28)19-11-9-17(23)10-12-19/h8-13,18,24H,3-7,14H2,1-2H3,(H,25,26). The quantitative estimate of drug-likeness (QED) is 0.693. The van der Waals surface area contributed by atoms with Gasteiger partial charge in [-0.2, -0.15) is 0 Å². The molecule has 0 spiro atoms. The molecule has 29 heavy (non-hydrogen) atoms. The van der Waals surface area contributed by atoms with Crippen LogP contribution in [-0.4, -0.2) is 26.9 Å². The normalized spacial score (nSPS) is 15.1. The predicted octanol–water partition coefficient (Wildman–Crippen LogP) is 4.65. The summed E-state index contributed by atoms with van der Waals surface area (Å²) >= 11 is 5.91. The SMILES string of the molecule is Cc1ccc(NCC(=O)NC2CCCCC2)c(S(=O)(=O)c2ccc(Cl)cc2)c1C. The first-order valence-electron chi connectivity index (χ1n) is 9.93. The zero-order valence-electron chi connectivity index (χ0n) is 16.8. The van der Waals surface area contributed by atoms with Crippen molar-refractivity contribution in [2.45, 2.75) is 61.8 Å². The largest absolute Gasteiger partial charge is 0.375 e. The molecule has 156 valence electrons. The van der Waals surface area contributed by atoms with Crippen molar-refractivity contribution in [1.29, 1.82) is 0 Å². The van der Waals surface area contributed by atoms with Gasteiger partial charge in [-0.3, -0.25) is 4.79 Å². The Labute approximate surface area is 177 Å². The lowest BCUT2D eigenvalue weighted by Gasteiger charge is -2.23. The first kappa shape index (κ1) is 21.7. The minimum absolute atomic E-state index is 0.0299. The van der Waals surface area contributed by atoms with Crippen LogP contribution in [0, 0.1) is 13.8 Å². The Balaban J connectivity index is 1.83. The van der Waals surface area contributed by atoms with Crippen LogP contribution in [0.25, 0.3) is 0 Å². The molecule has 0 radical (unpaired) electrons. The maximum absolute atomic E-state index is 13.3. The van der Waals surface area contributed by atoms with E-state index >= 15 is 0 Å². The highest BCUT2D eigenvalue weighted by Crippen LogP contribution is 2.33. The van der Waals surface area contributed by atoms with Gasteiger partial charge in [0.1, 0.15) is 0 Å². The summed E-state index contributed by atoms with van der Waals surface area (Å²) in [5.74, 6) is -0.120. The number of carbonyl (C=O) groups is 1. The van der Waals surface area contributed by atoms with E-state index in [1.165, 1.54) is 18.6 Å². The van der Waals surface area contributed by atoms with E-state index in [0.717, 1.165) is 31.2 Å². The molecule has 5 nitrogen and oxygen atoms in total. The van der Waals surface area contributed by atoms with Gasteiger partial charge in [-0.1, -0.05) is 36.9 Å². The lowest BCUT2D eigenvalue weighted by molar-refractivity contribution is -0.120. The topological polar surface area (TPSA) is 75.3 Å². The van der Waals surface area contributed by atoms with Crippen LogP contribution in [0.2, 0.25) is 5.02 Å². The van der Waals surface area contributed by atoms with Crippen LogP contribution in [0.4, 0.5) is 5.69 Å². The van der Waals surface area contributed by atoms with Crippen molar-refractivity contribution < 1.29 is 13.2 Å². The minimum Gasteiger partial charge on any atom is -0.375 e. The number of aryl methyl sites for hydroxylation is 1. The Morgan fingerprint density at radius 2 is 1.69 bits per heavy atom. The van der Waals surface area contributed by atoms with Gasteiger partial charge >= 0.3 is 0 Å². The van der Waals surface area contributed by atoms with Crippen molar-refractivity contribution in [2.75, 3.05) is 11.9 Å². The molecule has 1 aliphatic rings. The summed E-state index contributed by atoms with van der Waals surface area (Å²) in [6, 6.07) is 9.92. The molecule has 1 fully saturated rings. The fraction of sp³-hybridized carbons (Fsp3) is 0.409. The monoisotopic (exact) mass is 434 g/mol. The Morgan fingerprint density at radius 3 is 2.34 bits per heavy atom. The zero-order chi connectivity index (χ0) is 21.0. The van der Waals surface area contributed by atoms with Gasteiger partial charge in [-0.25, -0.2) is 8.42 Å². The lowest BCUT2D eigenvalue weighted by atomic mass is 9.95. The summed E-state index contributed by atoms with van der Waals surface area (Å²) in [6.07, 6.45) is 5.51. The number of anilines is 1. The van der Waals surface area contributed by atoms with Gasteiger partial charge in [0.2, 0.25) is 15.7 Å². The van der Waals surface area contributed by atoms with Crippen molar-refractivity contribution in [3.05, 3.63) is 52.5 Å². The second-order valence-corrected chi connectivity index (χ2v) is 9.92. The number of nitrogens with one attached hydrogen (secondary N) is 2. The average Bonchev–Trinajstić information content (AvgIpc) is 2.69. The second-order valence-electron chi connectivity index (χ2n) is 7.60. The number of halogens is 1. The van der Waals surface area contributed by atoms with E-state index in [-0.39, 0.29) is 28.3 Å². The minimum atomic E-state index is -3.77. The van der Waals surface area contributed by atoms with Gasteiger partial charge < -0.3 is 10.6 Å². The molecule has 1 amide bonds. The van der Waals surface area contributed by atoms with Crippen LogP contribution in [0.5, 0.6) is 0 Å². The summed E-state index contributed by atoms with van der Waals surface area (Å²) < 4.78 is 26.6. The van der Waals surface area contributed by atoms with Crippen molar-refractivity contribution in [3.63, 3.8) is 0 Å². The third kappa shape index (κ3) is 5.11. The molecule has 0 aliphatic heterocycles. The van der Waals surface area contributed by atoms with E-state index in [1.54, 1.807) is 25.1 Å². The van der Waals surface area contributed by atoms with Crippen LogP contribution in [-0.2, 0) is 14.6 Å². The van der Waals surface area contributed by atoms with Crippen molar-refractivity contribution in [2.24, 2.45) is 0 Å². The van der Waals surface area contributed by atoms with E-state index in [2.05, 4.69) is 10.6 Å². The smallest absolute Gasteiger partial charge is 0.239 e. The highest BCUT2D eigenvalue weighted by molar-refractivity contribution is 7.91. The molecule has 2 aromatic rings. The first-order chi connectivity index (χ1) is 13.8. The molecule has 1 aliphatic carbocycles. The summed E-state index contributed by atoms with van der Waals surface area (Å²) in [7, 11) is -3.77. The number of benzene rings is 2. The molecule has 0 aromatic heterocycles. The van der Waals surface area contributed by atoms with Gasteiger partial charge in [0, 0.05) is 11.1 Å². The summed E-state index contributed by atoms with van der Waals surface area (Å²) in [6.45, 7) is 3.68. The molecule has 2 aromatic carbocycles. The van der Waals surface area contributed by atoms with Crippen molar-refractivity contribution in [1.82, 2.24) is 5.32 Å². The van der Waals surface area contributed by atoms with Crippen LogP contribution >= 0.6 is 11.6 Å². The number of hydrogen-bond donors (Lipinski definition) is 2. The van der Waals surface area contributed by atoms with E-state index < -0.39 is 9.84 Å². The van der Waals surface area contributed by atoms with Crippen molar-refractivity contribution in [3.8, 4) is 0 Å². The van der Waals surface area contributed by atoms with E-state index in [0.29, 0.717) is 16.3 Å². The van der Waals surface area contributed by atoms with Crippen LogP contribution in [0.15, 0.2) is 46.2 Å². The molecule has 7 heteroatoms. The van der Waals surface area contributed by atoms with E-state index in [9.17, 15) is 13.2 Å². The maximum atomic E-state index is 13.3. The summed E-state index contributed by atoms with van der Waals surface area (Å²) in [5.41, 5.74) is 1.97. The van der Waals surface area contributed by atoms with E-state index in [1.807, 2.05) is 13.0 Å². The number of sulfone groups is 1. The second kappa shape index (κ2) is 9.18. The van der Waals surface area contributed by atoms with Crippen LogP contribution in [0.3, 0.4) is 0 Å². The molecule has 1 saturated carbocycles. The molecule has 0 saturated heterocycles. The van der Waals surface area contributed by atoms with Crippen LogP contribution in [0.1, 0.15) is 43.2 Å². The molecule has 3 rings (SSSR count). The molecule has 0 atom stereocenters. The molecular weight excluding hydrogens is 408 g/mol. The fourth-order valence-electron chi connectivity index (χ4n) is 3.71. The highest BCUT2D eigenvalue weighted by Gasteiger charge is 2.25.